The van der Waals surface area contributed by atoms with Crippen LogP contribution in [0.1, 0.15) is 31.4 Å². The summed E-state index contributed by atoms with van der Waals surface area (Å²) in [6, 6.07) is 19.6. The molecule has 0 aliphatic rings. The summed E-state index contributed by atoms with van der Waals surface area (Å²) in [5.74, 6) is -1.31. The van der Waals surface area contributed by atoms with Gasteiger partial charge in [-0.3, -0.25) is 13.9 Å². The molecule has 7 nitrogen and oxygen atoms in total. The standard InChI is InChI=1S/C28H32FN3O4S/c1-4-26(28(34)30-5-2)31(19-22-13-15-23(29)16-14-22)27(33)20-32(24-9-7-6-8-10-24)37(35,36)25-17-11-21(3)12-18-25/h6-18,26H,4-5,19-20H2,1-3H3,(H,30,34)/t26-/m1/s1. The fourth-order valence-electron chi connectivity index (χ4n) is 3.96. The summed E-state index contributed by atoms with van der Waals surface area (Å²) in [6.45, 7) is 5.30. The average Bonchev–Trinajstić information content (AvgIpc) is 2.89. The Labute approximate surface area is 218 Å². The molecule has 1 atom stereocenters. The van der Waals surface area contributed by atoms with Gasteiger partial charge in [-0.1, -0.05) is 55.0 Å². The Balaban J connectivity index is 2.02. The van der Waals surface area contributed by atoms with E-state index in [1.807, 2.05) is 6.92 Å². The number of hydrogen-bond acceptors (Lipinski definition) is 4. The zero-order chi connectivity index (χ0) is 27.0. The minimum atomic E-state index is -4.11. The molecule has 0 bridgehead atoms. The number of carbonyl (C=O) groups excluding carboxylic acids is 2. The topological polar surface area (TPSA) is 86.8 Å². The number of nitrogens with one attached hydrogen (secondary N) is 1. The number of benzene rings is 3. The second kappa shape index (κ2) is 12.5. The Morgan fingerprint density at radius 2 is 1.54 bits per heavy atom. The highest BCUT2D eigenvalue weighted by Gasteiger charge is 2.33. The molecule has 0 fully saturated rings. The number of nitrogens with zero attached hydrogens (tertiary/aromatic N) is 2. The number of hydrogen-bond donors (Lipinski definition) is 1. The smallest absolute Gasteiger partial charge is 0.264 e. The van der Waals surface area contributed by atoms with Crippen LogP contribution in [0.5, 0.6) is 0 Å². The van der Waals surface area contributed by atoms with Crippen LogP contribution in [-0.2, 0) is 26.2 Å². The maximum atomic E-state index is 13.8. The fourth-order valence-corrected chi connectivity index (χ4v) is 5.37. The lowest BCUT2D eigenvalue weighted by atomic mass is 10.1. The van der Waals surface area contributed by atoms with Crippen molar-refractivity contribution in [3.8, 4) is 0 Å². The van der Waals surface area contributed by atoms with Crippen LogP contribution in [0, 0.1) is 12.7 Å². The highest BCUT2D eigenvalue weighted by atomic mass is 32.2. The Kier molecular flexibility index (Phi) is 9.41. The minimum absolute atomic E-state index is 0.0158. The van der Waals surface area contributed by atoms with Crippen molar-refractivity contribution in [3.63, 3.8) is 0 Å². The summed E-state index contributed by atoms with van der Waals surface area (Å²) in [5, 5.41) is 2.75. The number of rotatable bonds is 11. The van der Waals surface area contributed by atoms with Gasteiger partial charge in [-0.05, 0) is 62.2 Å². The molecule has 0 aliphatic carbocycles. The molecule has 0 saturated heterocycles. The van der Waals surface area contributed by atoms with Crippen LogP contribution >= 0.6 is 0 Å². The summed E-state index contributed by atoms with van der Waals surface area (Å²) in [7, 11) is -4.11. The number of likely N-dealkylation sites (N-methyl/N-ethyl adjacent to an activating group) is 1. The van der Waals surface area contributed by atoms with Crippen LogP contribution < -0.4 is 9.62 Å². The molecule has 0 aromatic heterocycles. The molecular formula is C28H32FN3O4S. The van der Waals surface area contributed by atoms with Gasteiger partial charge in [0.05, 0.1) is 10.6 Å². The van der Waals surface area contributed by atoms with E-state index in [1.54, 1.807) is 56.3 Å². The summed E-state index contributed by atoms with van der Waals surface area (Å²) in [4.78, 5) is 28.1. The maximum Gasteiger partial charge on any atom is 0.264 e. The van der Waals surface area contributed by atoms with Gasteiger partial charge >= 0.3 is 0 Å². The first kappa shape index (κ1) is 27.9. The first-order valence-electron chi connectivity index (χ1n) is 12.1. The third-order valence-electron chi connectivity index (χ3n) is 5.94. The number of para-hydroxylation sites is 1. The van der Waals surface area contributed by atoms with Gasteiger partial charge in [0.2, 0.25) is 11.8 Å². The third kappa shape index (κ3) is 6.95. The molecule has 9 heteroatoms. The van der Waals surface area contributed by atoms with Crippen LogP contribution in [0.15, 0.2) is 83.8 Å². The number of amides is 2. The molecular weight excluding hydrogens is 493 g/mol. The number of sulfonamides is 1. The van der Waals surface area contributed by atoms with Gasteiger partial charge in [0, 0.05) is 13.1 Å². The van der Waals surface area contributed by atoms with E-state index >= 15 is 0 Å². The predicted octanol–water partition coefficient (Wildman–Crippen LogP) is 4.27. The lowest BCUT2D eigenvalue weighted by Crippen LogP contribution is -2.52. The normalized spacial score (nSPS) is 12.0. The van der Waals surface area contributed by atoms with E-state index in [0.29, 0.717) is 24.2 Å². The molecule has 1 N–H and O–H groups in total. The lowest BCUT2D eigenvalue weighted by molar-refractivity contribution is -0.140. The Morgan fingerprint density at radius 3 is 2.11 bits per heavy atom. The Morgan fingerprint density at radius 1 is 0.919 bits per heavy atom. The van der Waals surface area contributed by atoms with Crippen LogP contribution in [0.4, 0.5) is 10.1 Å². The van der Waals surface area contributed by atoms with Gasteiger partial charge in [0.1, 0.15) is 18.4 Å². The predicted molar refractivity (Wildman–Crippen MR) is 142 cm³/mol. The molecule has 0 spiro atoms. The van der Waals surface area contributed by atoms with Crippen molar-refractivity contribution in [2.45, 2.75) is 44.7 Å². The number of anilines is 1. The minimum Gasteiger partial charge on any atom is -0.355 e. The van der Waals surface area contributed by atoms with Crippen molar-refractivity contribution >= 4 is 27.5 Å². The summed E-state index contributed by atoms with van der Waals surface area (Å²) in [6.07, 6.45) is 0.314. The maximum absolute atomic E-state index is 13.8. The van der Waals surface area contributed by atoms with Crippen molar-refractivity contribution in [2.75, 3.05) is 17.4 Å². The van der Waals surface area contributed by atoms with E-state index in [4.69, 9.17) is 0 Å². The Bertz CT molecular complexity index is 1300. The van der Waals surface area contributed by atoms with Crippen molar-refractivity contribution < 1.29 is 22.4 Å². The number of aryl methyl sites for hydroxylation is 1. The van der Waals surface area contributed by atoms with Gasteiger partial charge in [-0.25, -0.2) is 12.8 Å². The monoisotopic (exact) mass is 525 g/mol. The quantitative estimate of drug-likeness (QED) is 0.405. The van der Waals surface area contributed by atoms with E-state index in [1.165, 1.54) is 41.3 Å². The molecule has 196 valence electrons. The van der Waals surface area contributed by atoms with Crippen molar-refractivity contribution in [1.29, 1.82) is 0 Å². The average molecular weight is 526 g/mol. The summed E-state index contributed by atoms with van der Waals surface area (Å²) in [5.41, 5.74) is 1.84. The van der Waals surface area contributed by atoms with Crippen molar-refractivity contribution in [1.82, 2.24) is 10.2 Å². The van der Waals surface area contributed by atoms with E-state index in [9.17, 15) is 22.4 Å². The molecule has 37 heavy (non-hydrogen) atoms. The van der Waals surface area contributed by atoms with Crippen LogP contribution in [-0.4, -0.2) is 44.3 Å². The highest BCUT2D eigenvalue weighted by Crippen LogP contribution is 2.25. The molecule has 0 radical (unpaired) electrons. The summed E-state index contributed by atoms with van der Waals surface area (Å²) < 4.78 is 42.0. The Hall–Kier alpha value is -3.72. The number of halogens is 1. The number of carbonyl (C=O) groups is 2. The van der Waals surface area contributed by atoms with E-state index < -0.39 is 34.3 Å². The van der Waals surface area contributed by atoms with Crippen LogP contribution in [0.3, 0.4) is 0 Å². The van der Waals surface area contributed by atoms with Gasteiger partial charge in [0.15, 0.2) is 0 Å². The van der Waals surface area contributed by atoms with Gasteiger partial charge in [0.25, 0.3) is 10.0 Å². The van der Waals surface area contributed by atoms with Gasteiger partial charge in [-0.15, -0.1) is 0 Å². The van der Waals surface area contributed by atoms with Gasteiger partial charge < -0.3 is 10.2 Å². The molecule has 2 amide bonds. The molecule has 0 saturated carbocycles. The first-order chi connectivity index (χ1) is 17.7. The lowest BCUT2D eigenvalue weighted by Gasteiger charge is -2.33. The fraction of sp³-hybridized carbons (Fsp3) is 0.286. The second-order valence-corrected chi connectivity index (χ2v) is 10.5. The largest absolute Gasteiger partial charge is 0.355 e. The summed E-state index contributed by atoms with van der Waals surface area (Å²) >= 11 is 0. The third-order valence-corrected chi connectivity index (χ3v) is 7.72. The van der Waals surface area contributed by atoms with Crippen molar-refractivity contribution in [3.05, 3.63) is 95.8 Å². The van der Waals surface area contributed by atoms with Crippen LogP contribution in [0.25, 0.3) is 0 Å². The van der Waals surface area contributed by atoms with Gasteiger partial charge in [-0.2, -0.15) is 0 Å². The molecule has 3 aromatic carbocycles. The van der Waals surface area contributed by atoms with Crippen LogP contribution in [0.2, 0.25) is 0 Å². The zero-order valence-electron chi connectivity index (χ0n) is 21.2. The molecule has 0 unspecified atom stereocenters. The van der Waals surface area contributed by atoms with E-state index in [2.05, 4.69) is 5.32 Å². The molecule has 0 heterocycles. The van der Waals surface area contributed by atoms with Crippen molar-refractivity contribution in [2.24, 2.45) is 0 Å². The van der Waals surface area contributed by atoms with E-state index in [0.717, 1.165) is 9.87 Å². The molecule has 3 rings (SSSR count). The molecule has 0 aliphatic heterocycles. The zero-order valence-corrected chi connectivity index (χ0v) is 22.0. The first-order valence-corrected chi connectivity index (χ1v) is 13.6. The molecule has 3 aromatic rings. The highest BCUT2D eigenvalue weighted by molar-refractivity contribution is 7.92. The SMILES string of the molecule is CCNC(=O)[C@@H](CC)N(Cc1ccc(F)cc1)C(=O)CN(c1ccccc1)S(=O)(=O)c1ccc(C)cc1. The van der Waals surface area contributed by atoms with E-state index in [-0.39, 0.29) is 17.3 Å². The second-order valence-electron chi connectivity index (χ2n) is 8.63.